The minimum absolute atomic E-state index is 0. The third kappa shape index (κ3) is 21.2. The number of hydrogen-bond acceptors (Lipinski definition) is 29. The molecule has 0 aliphatic carbocycles. The molecule has 0 aliphatic heterocycles. The summed E-state index contributed by atoms with van der Waals surface area (Å²) in [4.78, 5) is 67.6. The van der Waals surface area contributed by atoms with Gasteiger partial charge in [0.15, 0.2) is 34.2 Å². The van der Waals surface area contributed by atoms with Gasteiger partial charge in [-0.3, -0.25) is 39.2 Å². The van der Waals surface area contributed by atoms with Crippen molar-refractivity contribution in [3.8, 4) is 23.3 Å². The second kappa shape index (κ2) is 39.7. The monoisotopic (exact) mass is 1650 g/mol. The molecule has 6 aromatic heterocycles. The summed E-state index contributed by atoms with van der Waals surface area (Å²) < 4.78 is 138. The number of carbonyl (C=O) groups is 5. The third-order valence-corrected chi connectivity index (χ3v) is 19.7. The molecule has 598 valence electrons. The molecule has 0 saturated carbocycles. The van der Waals surface area contributed by atoms with Crippen molar-refractivity contribution in [3.63, 3.8) is 0 Å². The van der Waals surface area contributed by atoms with Crippen LogP contribution in [0.5, 0.6) is 17.2 Å². The number of anilines is 3. The van der Waals surface area contributed by atoms with Gasteiger partial charge < -0.3 is 53.5 Å². The van der Waals surface area contributed by atoms with Crippen molar-refractivity contribution in [1.82, 2.24) is 35.9 Å². The predicted molar refractivity (Wildman–Crippen MR) is 422 cm³/mol. The first-order valence-electron chi connectivity index (χ1n) is 31.1. The van der Waals surface area contributed by atoms with Gasteiger partial charge in [0.25, 0.3) is 29.1 Å². The summed E-state index contributed by atoms with van der Waals surface area (Å²) in [6, 6.07) is 32.6. The van der Waals surface area contributed by atoms with Crippen LogP contribution >= 0.6 is 23.1 Å². The number of nitrogens with zero attached hydrogens (tertiary/aromatic N) is 7. The number of rotatable bonds is 14. The van der Waals surface area contributed by atoms with Crippen LogP contribution in [-0.4, -0.2) is 133 Å². The van der Waals surface area contributed by atoms with Gasteiger partial charge in [0.05, 0.1) is 97.6 Å². The molecule has 33 nitrogen and oxygen atoms in total. The number of pyridine rings is 3. The Labute approximate surface area is 657 Å². The van der Waals surface area contributed by atoms with Crippen LogP contribution in [0.15, 0.2) is 168 Å². The highest BCUT2D eigenvalue weighted by Gasteiger charge is 2.27. The fourth-order valence-electron chi connectivity index (χ4n) is 10.4. The number of aryl methyl sites for hydroxylation is 4. The minimum Gasteiger partial charge on any atom is -0.496 e. The SMILES string of the molecule is C.C.C.CC(=O)NO.COC(=O)c1cc(F)c(C#N)cc1C.COC(=O)c1cc2onc(N)c2cc1C.COC(=O)c1cc2onc(NS(=O)(=O)c3ccc(OC)c4cccnc34)c2cc1C.COc1ccc(S(=O)(=O)Cl)c2ncccc12.COc1ccc(S(=O)(=O)Nc2noc3cc(C(N)=O)c(C)cc23)c2ncccc12.Cl. The lowest BCUT2D eigenvalue weighted by atomic mass is 10.1. The van der Waals surface area contributed by atoms with E-state index in [4.69, 9.17) is 65.1 Å². The maximum atomic E-state index is 13.1. The third-order valence-electron chi connectivity index (χ3n) is 15.6. The highest BCUT2D eigenvalue weighted by atomic mass is 35.7. The molecule has 6 heterocycles. The first-order chi connectivity index (χ1) is 51.7. The summed E-state index contributed by atoms with van der Waals surface area (Å²) in [6.07, 6.45) is 4.51. The predicted octanol–water partition coefficient (Wildman–Crippen LogP) is 13.2. The van der Waals surface area contributed by atoms with Gasteiger partial charge in [-0.05, 0) is 171 Å². The van der Waals surface area contributed by atoms with Gasteiger partial charge in [0.1, 0.15) is 43.8 Å². The standard InChI is InChI=1S/C20H17N3O6S.C19H16N4O5S.C10H8ClNO3S.C10H8FNO2.C10H10N2O3.C2H5NO2.3CH4.ClH/c1-11-9-14-16(10-13(11)20(24)28-3)29-22-19(14)23-30(25,26)17-7-6-15(27-2)12-5-4-8-21-18(12)17;1-10-8-13-15(9-12(10)18(20)24)28-22-19(13)23-29(25,26)16-6-5-14(27-2)11-4-3-7-21-17(11)16;1-15-8-4-5-9(16(11,13)14)10-7(8)3-2-6-12-10;1-6-3-7(5-12)9(11)4-8(6)10(13)14-2;1-5-3-7-8(15-12-9(7)11)4-6(5)10(13)14-2;1-2(4)3-5;;;;/h4-10H,1-3H3,(H,22,23);3-9H,1-2H3,(H2,20,24)(H,22,23);2-6H,1H3;3-4H,1-2H3;3-4H,1-2H3,(H2,11,12);5H,1H3,(H,3,4);3*1H4;1H. The smallest absolute Gasteiger partial charge is 0.338 e. The molecule has 0 atom stereocenters. The summed E-state index contributed by atoms with van der Waals surface area (Å²) in [7, 11) is 1.76. The van der Waals surface area contributed by atoms with Crippen LogP contribution in [0.4, 0.5) is 21.8 Å². The minimum atomic E-state index is -4.05. The van der Waals surface area contributed by atoms with Crippen LogP contribution in [-0.2, 0) is 48.1 Å². The summed E-state index contributed by atoms with van der Waals surface area (Å²) in [5.74, 6) is -1.38. The molecular formula is C74H77Cl2FN12O21S3. The van der Waals surface area contributed by atoms with Crippen molar-refractivity contribution in [2.75, 3.05) is 57.8 Å². The van der Waals surface area contributed by atoms with E-state index < -0.39 is 64.6 Å². The zero-order valence-corrected chi connectivity index (χ0v) is 63.6. The molecule has 13 aromatic rings. The molecule has 0 bridgehead atoms. The van der Waals surface area contributed by atoms with Gasteiger partial charge in [0.2, 0.25) is 11.8 Å². The number of ether oxygens (including phenoxy) is 6. The zero-order valence-electron chi connectivity index (χ0n) is 59.6. The average molecular weight is 1660 g/mol. The number of benzene rings is 7. The number of carbonyl (C=O) groups excluding carboxylic acids is 5. The van der Waals surface area contributed by atoms with Crippen LogP contribution in [0.3, 0.4) is 0 Å². The number of hydrogen-bond donors (Lipinski definition) is 6. The van der Waals surface area contributed by atoms with Crippen LogP contribution in [0.2, 0.25) is 0 Å². The Morgan fingerprint density at radius 1 is 0.504 bits per heavy atom. The lowest BCUT2D eigenvalue weighted by Crippen LogP contribution is -2.14. The Kier molecular flexibility index (Phi) is 32.5. The highest BCUT2D eigenvalue weighted by molar-refractivity contribution is 8.14. The van der Waals surface area contributed by atoms with E-state index in [1.807, 2.05) is 0 Å². The number of nitrogens with two attached hydrogens (primary N) is 2. The van der Waals surface area contributed by atoms with Crippen molar-refractivity contribution in [3.05, 3.63) is 196 Å². The van der Waals surface area contributed by atoms with E-state index in [2.05, 4.69) is 49.3 Å². The number of fused-ring (bicyclic) bond motifs is 6. The highest BCUT2D eigenvalue weighted by Crippen LogP contribution is 2.36. The van der Waals surface area contributed by atoms with Crippen molar-refractivity contribution >= 4 is 165 Å². The fourth-order valence-corrected chi connectivity index (χ4v) is 13.7. The van der Waals surface area contributed by atoms with E-state index in [0.717, 1.165) is 11.6 Å². The number of primary amides is 1. The zero-order chi connectivity index (χ0) is 80.0. The Morgan fingerprint density at radius 3 is 1.19 bits per heavy atom. The molecule has 8 N–H and O–H groups in total. The molecular weight excluding hydrogens is 1580 g/mol. The molecule has 0 radical (unpaired) electrons. The number of amides is 2. The second-order valence-electron chi connectivity index (χ2n) is 22.5. The maximum Gasteiger partial charge on any atom is 0.338 e. The van der Waals surface area contributed by atoms with Gasteiger partial charge in [-0.1, -0.05) is 37.7 Å². The van der Waals surface area contributed by atoms with Crippen LogP contribution < -0.4 is 40.6 Å². The maximum absolute atomic E-state index is 13.1. The van der Waals surface area contributed by atoms with Gasteiger partial charge in [0, 0.05) is 57.9 Å². The molecule has 39 heteroatoms. The van der Waals surface area contributed by atoms with E-state index in [0.29, 0.717) is 94.3 Å². The number of nitriles is 1. The van der Waals surface area contributed by atoms with Crippen molar-refractivity contribution < 1.29 is 101 Å². The number of hydroxylamine groups is 1. The lowest BCUT2D eigenvalue weighted by Gasteiger charge is -2.11. The molecule has 7 aromatic carbocycles. The molecule has 2 amide bonds. The number of aromatic nitrogens is 6. The van der Waals surface area contributed by atoms with Crippen molar-refractivity contribution in [1.29, 1.82) is 5.26 Å². The summed E-state index contributed by atoms with van der Waals surface area (Å²) in [5.41, 5.74) is 17.7. The van der Waals surface area contributed by atoms with E-state index in [-0.39, 0.29) is 99.9 Å². The first kappa shape index (κ1) is 92.5. The fraction of sp³-hybridized carbons (Fsp3) is 0.189. The molecule has 0 spiro atoms. The van der Waals surface area contributed by atoms with E-state index in [1.165, 1.54) is 110 Å². The van der Waals surface area contributed by atoms with Crippen LogP contribution in [0.1, 0.15) is 98.5 Å². The Hall–Kier alpha value is -12.9. The number of esters is 3. The Morgan fingerprint density at radius 2 is 0.832 bits per heavy atom. The summed E-state index contributed by atoms with van der Waals surface area (Å²) >= 11 is 0. The van der Waals surface area contributed by atoms with Gasteiger partial charge >= 0.3 is 17.9 Å². The summed E-state index contributed by atoms with van der Waals surface area (Å²) in [5, 5.41) is 30.6. The topological polar surface area (TPSA) is 492 Å². The number of sulfonamides is 2. The molecule has 0 fully saturated rings. The molecule has 0 aliphatic rings. The normalized spacial score (nSPS) is 10.6. The number of halogens is 3. The largest absolute Gasteiger partial charge is 0.496 e. The van der Waals surface area contributed by atoms with E-state index in [1.54, 1.807) is 113 Å². The van der Waals surface area contributed by atoms with Crippen molar-refractivity contribution in [2.24, 2.45) is 5.73 Å². The quantitative estimate of drug-likeness (QED) is 0.0194. The van der Waals surface area contributed by atoms with Gasteiger partial charge in [-0.25, -0.2) is 49.5 Å². The second-order valence-corrected chi connectivity index (χ2v) is 28.4. The molecule has 113 heavy (non-hydrogen) atoms. The molecule has 13 rings (SSSR count). The number of nitrogen functional groups attached to an aromatic ring is 1. The van der Waals surface area contributed by atoms with Gasteiger partial charge in [-0.2, -0.15) is 5.26 Å². The van der Waals surface area contributed by atoms with E-state index in [9.17, 15) is 53.6 Å². The van der Waals surface area contributed by atoms with Crippen LogP contribution in [0.25, 0.3) is 65.6 Å². The number of nitrogens with one attached hydrogen (secondary N) is 3. The average Bonchev–Trinajstić information content (AvgIpc) is 1.57. The van der Waals surface area contributed by atoms with Gasteiger partial charge in [-0.15, -0.1) is 12.4 Å². The first-order valence-corrected chi connectivity index (χ1v) is 36.4. The Bertz CT molecular complexity index is 6120. The lowest BCUT2D eigenvalue weighted by molar-refractivity contribution is -0.126. The summed E-state index contributed by atoms with van der Waals surface area (Å²) in [6.45, 7) is 8.04. The Balaban J connectivity index is 0.000000301. The van der Waals surface area contributed by atoms with Crippen LogP contribution in [0, 0.1) is 44.8 Å². The molecule has 0 unspecified atom stereocenters. The molecule has 0 saturated heterocycles. The van der Waals surface area contributed by atoms with E-state index >= 15 is 0 Å². The number of methoxy groups -OCH3 is 6. The van der Waals surface area contributed by atoms with Crippen molar-refractivity contribution in [2.45, 2.75) is 71.6 Å².